The number of hydrogen-bond acceptors (Lipinski definition) is 4. The number of rotatable bonds is 3. The molecule has 0 unspecified atom stereocenters. The molecule has 21 heavy (non-hydrogen) atoms. The van der Waals surface area contributed by atoms with Gasteiger partial charge in [-0.15, -0.1) is 0 Å². The zero-order valence-corrected chi connectivity index (χ0v) is 13.6. The van der Waals surface area contributed by atoms with Gasteiger partial charge in [0.15, 0.2) is 0 Å². The van der Waals surface area contributed by atoms with Gasteiger partial charge in [0.25, 0.3) is 0 Å². The molecule has 0 aromatic carbocycles. The Morgan fingerprint density at radius 1 is 1.19 bits per heavy atom. The van der Waals surface area contributed by atoms with Gasteiger partial charge in [0.2, 0.25) is 5.91 Å². The quantitative estimate of drug-likeness (QED) is 0.780. The topological polar surface area (TPSA) is 51.7 Å². The standard InChI is InChI=1S/C15H23BN2O3/c1-14(2)15(3,4)21-16(20-14)11-7-8-12(17-10-11)9-13(19)18(5)6/h7-8,10H,9H2,1-6H3. The van der Waals surface area contributed by atoms with Gasteiger partial charge in [-0.05, 0) is 33.8 Å². The second kappa shape index (κ2) is 5.42. The minimum absolute atomic E-state index is 0.0332. The van der Waals surface area contributed by atoms with Crippen molar-refractivity contribution in [2.24, 2.45) is 0 Å². The summed E-state index contributed by atoms with van der Waals surface area (Å²) in [7, 11) is 3.06. The Morgan fingerprint density at radius 2 is 1.76 bits per heavy atom. The minimum atomic E-state index is -0.416. The van der Waals surface area contributed by atoms with Gasteiger partial charge in [-0.1, -0.05) is 6.07 Å². The normalized spacial score (nSPS) is 19.6. The van der Waals surface area contributed by atoms with E-state index in [9.17, 15) is 4.79 Å². The molecular weight excluding hydrogens is 267 g/mol. The molecule has 114 valence electrons. The molecule has 1 amide bonds. The maximum absolute atomic E-state index is 11.7. The summed E-state index contributed by atoms with van der Waals surface area (Å²) in [5.74, 6) is 0.0332. The molecule has 5 nitrogen and oxygen atoms in total. The molecule has 2 heterocycles. The van der Waals surface area contributed by atoms with Crippen molar-refractivity contribution in [1.29, 1.82) is 0 Å². The van der Waals surface area contributed by atoms with Gasteiger partial charge < -0.3 is 14.2 Å². The van der Waals surface area contributed by atoms with Gasteiger partial charge in [0.1, 0.15) is 0 Å². The first kappa shape index (κ1) is 16.0. The van der Waals surface area contributed by atoms with Gasteiger partial charge in [-0.3, -0.25) is 9.78 Å². The first-order valence-electron chi connectivity index (χ1n) is 7.13. The smallest absolute Gasteiger partial charge is 0.399 e. The largest absolute Gasteiger partial charge is 0.496 e. The summed E-state index contributed by atoms with van der Waals surface area (Å²) in [6.07, 6.45) is 2.02. The van der Waals surface area contributed by atoms with E-state index in [1.807, 2.05) is 39.8 Å². The Labute approximate surface area is 126 Å². The summed E-state index contributed by atoms with van der Waals surface area (Å²) in [6.45, 7) is 8.07. The van der Waals surface area contributed by atoms with Crippen LogP contribution in [-0.4, -0.2) is 48.2 Å². The number of likely N-dealkylation sites (N-methyl/N-ethyl adjacent to an activating group) is 1. The third-order valence-electron chi connectivity index (χ3n) is 4.20. The van der Waals surface area contributed by atoms with Crippen molar-refractivity contribution in [3.63, 3.8) is 0 Å². The molecule has 0 bridgehead atoms. The number of pyridine rings is 1. The zero-order chi connectivity index (χ0) is 15.8. The highest BCUT2D eigenvalue weighted by Gasteiger charge is 2.51. The predicted molar refractivity (Wildman–Crippen MR) is 82.4 cm³/mol. The first-order chi connectivity index (χ1) is 9.62. The number of aromatic nitrogens is 1. The lowest BCUT2D eigenvalue weighted by molar-refractivity contribution is -0.128. The predicted octanol–water partition coefficient (Wildman–Crippen LogP) is 1.01. The van der Waals surface area contributed by atoms with E-state index in [-0.39, 0.29) is 17.1 Å². The average Bonchev–Trinajstić information content (AvgIpc) is 2.59. The fraction of sp³-hybridized carbons (Fsp3) is 0.600. The van der Waals surface area contributed by atoms with E-state index in [0.717, 1.165) is 11.2 Å². The number of carbonyl (C=O) groups is 1. The fourth-order valence-corrected chi connectivity index (χ4v) is 1.97. The number of nitrogens with zero attached hydrogens (tertiary/aromatic N) is 2. The van der Waals surface area contributed by atoms with Gasteiger partial charge >= 0.3 is 7.12 Å². The fourth-order valence-electron chi connectivity index (χ4n) is 1.97. The van der Waals surface area contributed by atoms with Crippen LogP contribution in [0.3, 0.4) is 0 Å². The average molecular weight is 290 g/mol. The van der Waals surface area contributed by atoms with Crippen molar-refractivity contribution in [1.82, 2.24) is 9.88 Å². The number of carbonyl (C=O) groups excluding carboxylic acids is 1. The maximum atomic E-state index is 11.7. The van der Waals surface area contributed by atoms with Crippen molar-refractivity contribution >= 4 is 18.5 Å². The lowest BCUT2D eigenvalue weighted by Gasteiger charge is -2.32. The molecule has 6 heteroatoms. The summed E-state index contributed by atoms with van der Waals surface area (Å²) in [4.78, 5) is 17.6. The Morgan fingerprint density at radius 3 is 2.19 bits per heavy atom. The number of hydrogen-bond donors (Lipinski definition) is 0. The molecule has 0 spiro atoms. The lowest BCUT2D eigenvalue weighted by atomic mass is 9.80. The van der Waals surface area contributed by atoms with Gasteiger partial charge in [0, 0.05) is 31.4 Å². The molecular formula is C15H23BN2O3. The van der Waals surface area contributed by atoms with E-state index in [4.69, 9.17) is 9.31 Å². The van der Waals surface area contributed by atoms with Crippen LogP contribution in [0.1, 0.15) is 33.4 Å². The monoisotopic (exact) mass is 290 g/mol. The van der Waals surface area contributed by atoms with E-state index in [1.54, 1.807) is 25.2 Å². The summed E-state index contributed by atoms with van der Waals surface area (Å²) in [5, 5.41) is 0. The maximum Gasteiger partial charge on any atom is 0.496 e. The highest BCUT2D eigenvalue weighted by Crippen LogP contribution is 2.36. The molecule has 0 atom stereocenters. The second-order valence-corrected chi connectivity index (χ2v) is 6.64. The first-order valence-corrected chi connectivity index (χ1v) is 7.13. The van der Waals surface area contributed by atoms with E-state index >= 15 is 0 Å². The van der Waals surface area contributed by atoms with Gasteiger partial charge in [-0.2, -0.15) is 0 Å². The van der Waals surface area contributed by atoms with Crippen LogP contribution in [0, 0.1) is 0 Å². The Balaban J connectivity index is 2.09. The van der Waals surface area contributed by atoms with Crippen molar-refractivity contribution in [2.75, 3.05) is 14.1 Å². The van der Waals surface area contributed by atoms with E-state index in [0.29, 0.717) is 6.42 Å². The van der Waals surface area contributed by atoms with Gasteiger partial charge in [0.05, 0.1) is 17.6 Å². The van der Waals surface area contributed by atoms with E-state index in [2.05, 4.69) is 4.98 Å². The Kier molecular flexibility index (Phi) is 4.13. The third-order valence-corrected chi connectivity index (χ3v) is 4.20. The van der Waals surface area contributed by atoms with Crippen LogP contribution < -0.4 is 5.46 Å². The molecule has 1 aromatic rings. The SMILES string of the molecule is CN(C)C(=O)Cc1ccc(B2OC(C)(C)C(C)(C)O2)cn1. The molecule has 1 aliphatic rings. The molecule has 0 aliphatic carbocycles. The highest BCUT2D eigenvalue weighted by molar-refractivity contribution is 6.62. The van der Waals surface area contributed by atoms with Crippen molar-refractivity contribution in [3.05, 3.63) is 24.0 Å². The molecule has 0 N–H and O–H groups in total. The van der Waals surface area contributed by atoms with Crippen molar-refractivity contribution in [3.8, 4) is 0 Å². The highest BCUT2D eigenvalue weighted by atomic mass is 16.7. The molecule has 0 saturated carbocycles. The van der Waals surface area contributed by atoms with Gasteiger partial charge in [-0.25, -0.2) is 0 Å². The minimum Gasteiger partial charge on any atom is -0.399 e. The Hall–Kier alpha value is -1.40. The summed E-state index contributed by atoms with van der Waals surface area (Å²) < 4.78 is 11.9. The van der Waals surface area contributed by atoms with Crippen molar-refractivity contribution in [2.45, 2.75) is 45.3 Å². The van der Waals surface area contributed by atoms with Crippen LogP contribution in [0.4, 0.5) is 0 Å². The van der Waals surface area contributed by atoms with E-state index < -0.39 is 7.12 Å². The number of amides is 1. The molecule has 1 fully saturated rings. The molecule has 0 radical (unpaired) electrons. The summed E-state index contributed by atoms with van der Waals surface area (Å²) in [5.41, 5.74) is 0.887. The van der Waals surface area contributed by atoms with E-state index in [1.165, 1.54) is 0 Å². The lowest BCUT2D eigenvalue weighted by Crippen LogP contribution is -2.41. The van der Waals surface area contributed by atoms with Crippen LogP contribution in [-0.2, 0) is 20.5 Å². The van der Waals surface area contributed by atoms with Crippen LogP contribution in [0.15, 0.2) is 18.3 Å². The molecule has 1 aromatic heterocycles. The summed E-state index contributed by atoms with van der Waals surface area (Å²) in [6, 6.07) is 3.76. The molecule has 2 rings (SSSR count). The third kappa shape index (κ3) is 3.27. The van der Waals surface area contributed by atoms with Crippen LogP contribution in [0.25, 0.3) is 0 Å². The molecule has 1 aliphatic heterocycles. The van der Waals surface area contributed by atoms with Crippen LogP contribution >= 0.6 is 0 Å². The van der Waals surface area contributed by atoms with Crippen molar-refractivity contribution < 1.29 is 14.1 Å². The van der Waals surface area contributed by atoms with Crippen LogP contribution in [0.5, 0.6) is 0 Å². The van der Waals surface area contributed by atoms with Crippen LogP contribution in [0.2, 0.25) is 0 Å². The summed E-state index contributed by atoms with van der Waals surface area (Å²) >= 11 is 0. The zero-order valence-electron chi connectivity index (χ0n) is 13.6. The Bertz CT molecular complexity index is 510. The second-order valence-electron chi connectivity index (χ2n) is 6.64. The molecule has 1 saturated heterocycles.